The summed E-state index contributed by atoms with van der Waals surface area (Å²) in [5, 5.41) is 0. The van der Waals surface area contributed by atoms with Crippen molar-refractivity contribution in [2.45, 2.75) is 6.42 Å². The highest BCUT2D eigenvalue weighted by Gasteiger charge is 2.22. The van der Waals surface area contributed by atoms with Gasteiger partial charge in [0.25, 0.3) is 0 Å². The van der Waals surface area contributed by atoms with Gasteiger partial charge in [-0.15, -0.1) is 0 Å². The van der Waals surface area contributed by atoms with E-state index in [0.29, 0.717) is 5.56 Å². The van der Waals surface area contributed by atoms with Crippen LogP contribution in [0.5, 0.6) is 0 Å². The molecule has 0 aliphatic carbocycles. The third-order valence-electron chi connectivity index (χ3n) is 4.86. The van der Waals surface area contributed by atoms with E-state index in [4.69, 9.17) is 4.74 Å². The van der Waals surface area contributed by atoms with Gasteiger partial charge in [0.15, 0.2) is 0 Å². The van der Waals surface area contributed by atoms with Crippen molar-refractivity contribution in [3.63, 3.8) is 0 Å². The number of hydrogen-bond donors (Lipinski definition) is 0. The first-order valence-electron chi connectivity index (χ1n) is 8.76. The summed E-state index contributed by atoms with van der Waals surface area (Å²) in [7, 11) is 0. The summed E-state index contributed by atoms with van der Waals surface area (Å²) in [6.07, 6.45) is 0.153. The normalized spacial score (nSPS) is 20.3. The lowest BCUT2D eigenvalue weighted by molar-refractivity contribution is -0.132. The van der Waals surface area contributed by atoms with Crippen molar-refractivity contribution >= 4 is 5.91 Å². The third-order valence-corrected chi connectivity index (χ3v) is 4.86. The predicted octanol–water partition coefficient (Wildman–Crippen LogP) is 0.845. The SMILES string of the molecule is O=C(Cc1ccccc1F)N1CCN(CCN2CCOCC2)CC1. The fourth-order valence-electron chi connectivity index (χ4n) is 3.24. The van der Waals surface area contributed by atoms with E-state index < -0.39 is 0 Å². The molecular weight excluding hydrogens is 309 g/mol. The average molecular weight is 335 g/mol. The molecule has 0 N–H and O–H groups in total. The van der Waals surface area contributed by atoms with Crippen LogP contribution in [0.4, 0.5) is 4.39 Å². The average Bonchev–Trinajstić information content (AvgIpc) is 2.63. The topological polar surface area (TPSA) is 36.0 Å². The molecular formula is C18H26FN3O2. The molecule has 2 aliphatic rings. The number of rotatable bonds is 5. The van der Waals surface area contributed by atoms with Crippen molar-refractivity contribution in [2.75, 3.05) is 65.6 Å². The van der Waals surface area contributed by atoms with Crippen molar-refractivity contribution < 1.29 is 13.9 Å². The molecule has 0 spiro atoms. The number of morpholine rings is 1. The summed E-state index contributed by atoms with van der Waals surface area (Å²) in [6.45, 7) is 9.05. The van der Waals surface area contributed by atoms with Gasteiger partial charge in [-0.3, -0.25) is 14.6 Å². The van der Waals surface area contributed by atoms with Gasteiger partial charge in [-0.1, -0.05) is 18.2 Å². The summed E-state index contributed by atoms with van der Waals surface area (Å²) < 4.78 is 19.0. The molecule has 24 heavy (non-hydrogen) atoms. The quantitative estimate of drug-likeness (QED) is 0.799. The molecule has 1 aromatic carbocycles. The molecule has 0 radical (unpaired) electrons. The Labute approximate surface area is 143 Å². The van der Waals surface area contributed by atoms with Crippen LogP contribution in [0, 0.1) is 5.82 Å². The maximum Gasteiger partial charge on any atom is 0.227 e. The van der Waals surface area contributed by atoms with E-state index >= 15 is 0 Å². The number of ether oxygens (including phenoxy) is 1. The highest BCUT2D eigenvalue weighted by atomic mass is 19.1. The Bertz CT molecular complexity index is 541. The molecule has 0 bridgehead atoms. The van der Waals surface area contributed by atoms with Crippen LogP contribution in [0.25, 0.3) is 0 Å². The van der Waals surface area contributed by atoms with Crippen LogP contribution in [0.2, 0.25) is 0 Å². The first-order chi connectivity index (χ1) is 11.7. The summed E-state index contributed by atoms with van der Waals surface area (Å²) in [5.74, 6) is -0.275. The number of halogens is 1. The Balaban J connectivity index is 1.39. The monoisotopic (exact) mass is 335 g/mol. The second-order valence-electron chi connectivity index (χ2n) is 6.44. The van der Waals surface area contributed by atoms with E-state index in [2.05, 4.69) is 9.80 Å². The van der Waals surface area contributed by atoms with Gasteiger partial charge < -0.3 is 9.64 Å². The van der Waals surface area contributed by atoms with Gasteiger partial charge in [0.05, 0.1) is 19.6 Å². The number of benzene rings is 1. The number of carbonyl (C=O) groups excluding carboxylic acids is 1. The lowest BCUT2D eigenvalue weighted by atomic mass is 10.1. The molecule has 2 heterocycles. The highest BCUT2D eigenvalue weighted by molar-refractivity contribution is 5.78. The summed E-state index contributed by atoms with van der Waals surface area (Å²) >= 11 is 0. The van der Waals surface area contributed by atoms with E-state index in [0.717, 1.165) is 65.6 Å². The number of hydrogen-bond acceptors (Lipinski definition) is 4. The number of amides is 1. The van der Waals surface area contributed by atoms with Crippen molar-refractivity contribution in [3.05, 3.63) is 35.6 Å². The number of piperazine rings is 1. The smallest absolute Gasteiger partial charge is 0.227 e. The summed E-state index contributed by atoms with van der Waals surface area (Å²) in [4.78, 5) is 19.0. The van der Waals surface area contributed by atoms with Crippen LogP contribution in [-0.4, -0.2) is 86.2 Å². The van der Waals surface area contributed by atoms with Crippen LogP contribution in [0.3, 0.4) is 0 Å². The second kappa shape index (κ2) is 8.55. The maximum atomic E-state index is 13.7. The second-order valence-corrected chi connectivity index (χ2v) is 6.44. The van der Waals surface area contributed by atoms with Crippen LogP contribution in [-0.2, 0) is 16.0 Å². The minimum atomic E-state index is -0.296. The fourth-order valence-corrected chi connectivity index (χ4v) is 3.24. The van der Waals surface area contributed by atoms with Gasteiger partial charge in [-0.2, -0.15) is 0 Å². The van der Waals surface area contributed by atoms with Crippen LogP contribution in [0.15, 0.2) is 24.3 Å². The Kier molecular flexibility index (Phi) is 6.18. The molecule has 0 unspecified atom stereocenters. The Morgan fingerprint density at radius 1 is 0.958 bits per heavy atom. The van der Waals surface area contributed by atoms with Crippen molar-refractivity contribution in [2.24, 2.45) is 0 Å². The van der Waals surface area contributed by atoms with Gasteiger partial charge >= 0.3 is 0 Å². The molecule has 2 aliphatic heterocycles. The molecule has 5 nitrogen and oxygen atoms in total. The lowest BCUT2D eigenvalue weighted by Gasteiger charge is -2.36. The van der Waals surface area contributed by atoms with Gasteiger partial charge in [-0.25, -0.2) is 4.39 Å². The van der Waals surface area contributed by atoms with E-state index in [1.54, 1.807) is 18.2 Å². The zero-order chi connectivity index (χ0) is 16.8. The standard InChI is InChI=1S/C18H26FN3O2/c19-17-4-2-1-3-16(17)15-18(23)22-9-7-20(8-10-22)5-6-21-11-13-24-14-12-21/h1-4H,5-15H2. The van der Waals surface area contributed by atoms with E-state index in [1.807, 2.05) is 4.90 Å². The van der Waals surface area contributed by atoms with E-state index in [1.165, 1.54) is 6.07 Å². The van der Waals surface area contributed by atoms with Gasteiger partial charge in [0.1, 0.15) is 5.82 Å². The zero-order valence-corrected chi connectivity index (χ0v) is 14.1. The summed E-state index contributed by atoms with van der Waals surface area (Å²) in [6, 6.07) is 6.52. The van der Waals surface area contributed by atoms with E-state index in [-0.39, 0.29) is 18.1 Å². The Morgan fingerprint density at radius 2 is 1.58 bits per heavy atom. The van der Waals surface area contributed by atoms with E-state index in [9.17, 15) is 9.18 Å². The first kappa shape index (κ1) is 17.3. The lowest BCUT2D eigenvalue weighted by Crippen LogP contribution is -2.51. The minimum Gasteiger partial charge on any atom is -0.379 e. The molecule has 0 saturated carbocycles. The van der Waals surface area contributed by atoms with Crippen LogP contribution < -0.4 is 0 Å². The molecule has 6 heteroatoms. The molecule has 0 aromatic heterocycles. The molecule has 3 rings (SSSR count). The zero-order valence-electron chi connectivity index (χ0n) is 14.1. The largest absolute Gasteiger partial charge is 0.379 e. The molecule has 1 aromatic rings. The molecule has 2 fully saturated rings. The van der Waals surface area contributed by atoms with Gasteiger partial charge in [0, 0.05) is 52.4 Å². The summed E-state index contributed by atoms with van der Waals surface area (Å²) in [5.41, 5.74) is 0.484. The molecule has 0 atom stereocenters. The molecule has 2 saturated heterocycles. The predicted molar refractivity (Wildman–Crippen MR) is 90.4 cm³/mol. The van der Waals surface area contributed by atoms with Crippen LogP contribution in [0.1, 0.15) is 5.56 Å². The van der Waals surface area contributed by atoms with Crippen molar-refractivity contribution in [3.8, 4) is 0 Å². The van der Waals surface area contributed by atoms with Crippen LogP contribution >= 0.6 is 0 Å². The van der Waals surface area contributed by atoms with Crippen molar-refractivity contribution in [1.29, 1.82) is 0 Å². The Morgan fingerprint density at radius 3 is 2.25 bits per heavy atom. The maximum absolute atomic E-state index is 13.7. The van der Waals surface area contributed by atoms with Gasteiger partial charge in [0.2, 0.25) is 5.91 Å². The number of nitrogens with zero attached hydrogens (tertiary/aromatic N) is 3. The molecule has 1 amide bonds. The third kappa shape index (κ3) is 4.75. The Hall–Kier alpha value is -1.50. The van der Waals surface area contributed by atoms with Gasteiger partial charge in [-0.05, 0) is 11.6 Å². The van der Waals surface area contributed by atoms with Crippen molar-refractivity contribution in [1.82, 2.24) is 14.7 Å². The minimum absolute atomic E-state index is 0.0212. The molecule has 132 valence electrons. The first-order valence-corrected chi connectivity index (χ1v) is 8.76. The fraction of sp³-hybridized carbons (Fsp3) is 0.611. The highest BCUT2D eigenvalue weighted by Crippen LogP contribution is 2.10. The number of carbonyl (C=O) groups is 1.